The number of anilines is 1. The van der Waals surface area contributed by atoms with E-state index in [0.29, 0.717) is 54.2 Å². The summed E-state index contributed by atoms with van der Waals surface area (Å²) in [6.45, 7) is 2.71. The molecule has 168 valence electrons. The van der Waals surface area contributed by atoms with Gasteiger partial charge >= 0.3 is 0 Å². The number of carbonyl (C=O) groups excluding carboxylic acids is 1. The standard InChI is InChI=1S/C22H27N7O3/c1-28(2)10-4-12-32-16-7-6-15-18(19(16)31-3)26-22(29-11-9-24-20(15)29)27-21(30)14-5-8-17(23)25-13-14/h5-8,13H,4,9-12H2,1-3H3,(H2,23,25)(H,26,27,30). The van der Waals surface area contributed by atoms with Crippen molar-refractivity contribution in [2.24, 2.45) is 9.98 Å². The van der Waals surface area contributed by atoms with E-state index in [9.17, 15) is 4.79 Å². The minimum absolute atomic E-state index is 0.332. The Labute approximate surface area is 186 Å². The summed E-state index contributed by atoms with van der Waals surface area (Å²) < 4.78 is 11.6. The highest BCUT2D eigenvalue weighted by Gasteiger charge is 2.33. The lowest BCUT2D eigenvalue weighted by atomic mass is 10.1. The van der Waals surface area contributed by atoms with Crippen molar-refractivity contribution in [2.45, 2.75) is 6.42 Å². The molecule has 2 aromatic rings. The molecule has 3 N–H and O–H groups in total. The Bertz CT molecular complexity index is 1060. The van der Waals surface area contributed by atoms with Crippen molar-refractivity contribution >= 4 is 29.2 Å². The second-order valence-corrected chi connectivity index (χ2v) is 7.72. The molecule has 10 nitrogen and oxygen atoms in total. The molecule has 1 amide bonds. The van der Waals surface area contributed by atoms with E-state index in [1.54, 1.807) is 19.2 Å². The Kier molecular flexibility index (Phi) is 6.22. The van der Waals surface area contributed by atoms with Gasteiger partial charge in [-0.1, -0.05) is 0 Å². The fraction of sp³-hybridized carbons (Fsp3) is 0.364. The van der Waals surface area contributed by atoms with E-state index >= 15 is 0 Å². The summed E-state index contributed by atoms with van der Waals surface area (Å²) in [5.74, 6) is 2.27. The molecule has 0 atom stereocenters. The van der Waals surface area contributed by atoms with Crippen molar-refractivity contribution in [2.75, 3.05) is 53.2 Å². The van der Waals surface area contributed by atoms with Gasteiger partial charge in [0.05, 0.1) is 25.8 Å². The first-order valence-electron chi connectivity index (χ1n) is 10.4. The quantitative estimate of drug-likeness (QED) is 0.630. The zero-order chi connectivity index (χ0) is 22.7. The molecule has 32 heavy (non-hydrogen) atoms. The summed E-state index contributed by atoms with van der Waals surface area (Å²) in [7, 11) is 5.63. The summed E-state index contributed by atoms with van der Waals surface area (Å²) in [6.07, 6.45) is 2.31. The summed E-state index contributed by atoms with van der Waals surface area (Å²) in [5, 5.41) is 2.88. The number of hydrogen-bond acceptors (Lipinski definition) is 9. The van der Waals surface area contributed by atoms with E-state index in [1.807, 2.05) is 31.1 Å². The van der Waals surface area contributed by atoms with Crippen LogP contribution in [0.3, 0.4) is 0 Å². The van der Waals surface area contributed by atoms with Gasteiger partial charge in [0.25, 0.3) is 5.91 Å². The number of nitrogens with zero attached hydrogens (tertiary/aromatic N) is 5. The average molecular weight is 438 g/mol. The monoisotopic (exact) mass is 437 g/mol. The lowest BCUT2D eigenvalue weighted by Gasteiger charge is -2.28. The van der Waals surface area contributed by atoms with Gasteiger partial charge < -0.3 is 20.1 Å². The number of rotatable bonds is 7. The number of aliphatic imine (C=N–C) groups is 2. The molecule has 2 aliphatic heterocycles. The molecule has 0 bridgehead atoms. The van der Waals surface area contributed by atoms with Crippen molar-refractivity contribution in [3.8, 4) is 11.5 Å². The van der Waals surface area contributed by atoms with Crippen LogP contribution >= 0.6 is 0 Å². The summed E-state index contributed by atoms with van der Waals surface area (Å²) >= 11 is 0. The molecule has 0 saturated carbocycles. The Balaban J connectivity index is 1.63. The molecule has 0 spiro atoms. The molecule has 3 heterocycles. The fourth-order valence-corrected chi connectivity index (χ4v) is 3.58. The van der Waals surface area contributed by atoms with Crippen LogP contribution in [0, 0.1) is 0 Å². The number of nitrogens with one attached hydrogen (secondary N) is 1. The van der Waals surface area contributed by atoms with Crippen LogP contribution in [-0.2, 0) is 0 Å². The molecular formula is C22H27N7O3. The van der Waals surface area contributed by atoms with Gasteiger partial charge in [0.1, 0.15) is 17.3 Å². The van der Waals surface area contributed by atoms with Crippen LogP contribution in [0.1, 0.15) is 22.3 Å². The molecule has 1 aromatic heterocycles. The number of aromatic nitrogens is 1. The third-order valence-corrected chi connectivity index (χ3v) is 5.14. The maximum Gasteiger partial charge on any atom is 0.259 e. The van der Waals surface area contributed by atoms with Gasteiger partial charge in [-0.05, 0) is 44.8 Å². The summed E-state index contributed by atoms with van der Waals surface area (Å²) in [5.41, 5.74) is 7.43. The number of guanidine groups is 1. The van der Waals surface area contributed by atoms with E-state index in [0.717, 1.165) is 24.4 Å². The predicted molar refractivity (Wildman–Crippen MR) is 123 cm³/mol. The molecule has 4 rings (SSSR count). The van der Waals surface area contributed by atoms with Crippen molar-refractivity contribution in [1.29, 1.82) is 0 Å². The van der Waals surface area contributed by atoms with E-state index in [4.69, 9.17) is 20.2 Å². The van der Waals surface area contributed by atoms with Crippen molar-refractivity contribution < 1.29 is 14.3 Å². The van der Waals surface area contributed by atoms with Crippen LogP contribution in [0.4, 0.5) is 11.5 Å². The van der Waals surface area contributed by atoms with Gasteiger partial charge in [-0.2, -0.15) is 0 Å². The van der Waals surface area contributed by atoms with E-state index in [2.05, 4.69) is 20.2 Å². The zero-order valence-electron chi connectivity index (χ0n) is 18.5. The molecule has 0 aliphatic carbocycles. The molecular weight excluding hydrogens is 410 g/mol. The Morgan fingerprint density at radius 1 is 1.28 bits per heavy atom. The lowest BCUT2D eigenvalue weighted by Crippen LogP contribution is -2.47. The van der Waals surface area contributed by atoms with Crippen molar-refractivity contribution in [3.05, 3.63) is 41.6 Å². The maximum atomic E-state index is 12.8. The minimum atomic E-state index is -0.332. The van der Waals surface area contributed by atoms with Gasteiger partial charge in [0.15, 0.2) is 11.5 Å². The summed E-state index contributed by atoms with van der Waals surface area (Å²) in [4.78, 5) is 30.1. The van der Waals surface area contributed by atoms with Gasteiger partial charge in [0.2, 0.25) is 5.96 Å². The van der Waals surface area contributed by atoms with Crippen molar-refractivity contribution in [1.82, 2.24) is 20.1 Å². The molecule has 0 fully saturated rings. The van der Waals surface area contributed by atoms with E-state index < -0.39 is 0 Å². The molecule has 0 unspecified atom stereocenters. The third-order valence-electron chi connectivity index (χ3n) is 5.14. The SMILES string of the molecule is COc1c(OCCCN(C)C)ccc2c1N=C(NC(=O)c1ccc(N)nc1)N1CCN=C21. The zero-order valence-corrected chi connectivity index (χ0v) is 18.5. The number of benzene rings is 1. The number of carbonyl (C=O) groups is 1. The van der Waals surface area contributed by atoms with Crippen LogP contribution in [0.2, 0.25) is 0 Å². The number of nitrogen functional groups attached to an aromatic ring is 1. The average Bonchev–Trinajstić information content (AvgIpc) is 3.27. The Morgan fingerprint density at radius 3 is 2.84 bits per heavy atom. The number of amides is 1. The van der Waals surface area contributed by atoms with Gasteiger partial charge in [0, 0.05) is 24.8 Å². The number of ether oxygens (including phenoxy) is 2. The second kappa shape index (κ2) is 9.23. The minimum Gasteiger partial charge on any atom is -0.491 e. The highest BCUT2D eigenvalue weighted by atomic mass is 16.5. The lowest BCUT2D eigenvalue weighted by molar-refractivity contribution is 0.0973. The molecule has 2 aliphatic rings. The molecule has 1 aromatic carbocycles. The number of amidine groups is 1. The number of fused-ring (bicyclic) bond motifs is 3. The smallest absolute Gasteiger partial charge is 0.259 e. The van der Waals surface area contributed by atoms with Gasteiger partial charge in [-0.25, -0.2) is 9.98 Å². The van der Waals surface area contributed by atoms with Crippen LogP contribution in [0.15, 0.2) is 40.4 Å². The molecule has 10 heteroatoms. The van der Waals surface area contributed by atoms with E-state index in [-0.39, 0.29) is 5.91 Å². The third kappa shape index (κ3) is 4.35. The van der Waals surface area contributed by atoms with Gasteiger partial charge in [-0.15, -0.1) is 0 Å². The second-order valence-electron chi connectivity index (χ2n) is 7.72. The van der Waals surface area contributed by atoms with Crippen LogP contribution in [0.25, 0.3) is 0 Å². The topological polar surface area (TPSA) is 118 Å². The first-order valence-corrected chi connectivity index (χ1v) is 10.4. The highest BCUT2D eigenvalue weighted by Crippen LogP contribution is 2.43. The number of methoxy groups -OCH3 is 1. The molecule has 0 saturated heterocycles. The van der Waals surface area contributed by atoms with Crippen LogP contribution in [-0.4, -0.2) is 79.9 Å². The highest BCUT2D eigenvalue weighted by molar-refractivity contribution is 6.20. The fourth-order valence-electron chi connectivity index (χ4n) is 3.58. The van der Waals surface area contributed by atoms with E-state index in [1.165, 1.54) is 6.20 Å². The van der Waals surface area contributed by atoms with Crippen molar-refractivity contribution in [3.63, 3.8) is 0 Å². The predicted octanol–water partition coefficient (Wildman–Crippen LogP) is 1.50. The van der Waals surface area contributed by atoms with Crippen LogP contribution < -0.4 is 20.5 Å². The number of pyridine rings is 1. The normalized spacial score (nSPS) is 14.4. The first-order chi connectivity index (χ1) is 15.5. The maximum absolute atomic E-state index is 12.8. The number of hydrogen-bond donors (Lipinski definition) is 2. The van der Waals surface area contributed by atoms with Crippen LogP contribution in [0.5, 0.6) is 11.5 Å². The van der Waals surface area contributed by atoms with Gasteiger partial charge in [-0.3, -0.25) is 20.0 Å². The largest absolute Gasteiger partial charge is 0.491 e. The first kappa shape index (κ1) is 21.6. The Morgan fingerprint density at radius 2 is 2.12 bits per heavy atom. The molecule has 0 radical (unpaired) electrons. The summed E-state index contributed by atoms with van der Waals surface area (Å²) in [6, 6.07) is 7.01. The Hall–Kier alpha value is -3.66. The number of nitrogens with two attached hydrogens (primary N) is 1.